The molecular weight excluding hydrogens is 148 g/mol. The van der Waals surface area contributed by atoms with Crippen molar-refractivity contribution in [2.75, 3.05) is 5.94 Å². The van der Waals surface area contributed by atoms with Gasteiger partial charge in [-0.3, -0.25) is 0 Å². The highest BCUT2D eigenvalue weighted by atomic mass is 32.2. The van der Waals surface area contributed by atoms with E-state index in [0.29, 0.717) is 4.90 Å². The Morgan fingerprint density at radius 2 is 2.40 bits per heavy atom. The summed E-state index contributed by atoms with van der Waals surface area (Å²) in [4.78, 5) is 0.546. The van der Waals surface area contributed by atoms with Crippen molar-refractivity contribution in [1.82, 2.24) is 0 Å². The van der Waals surface area contributed by atoms with E-state index < -0.39 is 11.2 Å². The Hall–Kier alpha value is -0.510. The molecule has 0 bridgehead atoms. The quantitative estimate of drug-likeness (QED) is 0.633. The van der Waals surface area contributed by atoms with Crippen molar-refractivity contribution in [3.8, 4) is 0 Å². The van der Waals surface area contributed by atoms with Crippen LogP contribution in [0.3, 0.4) is 0 Å². The van der Waals surface area contributed by atoms with Gasteiger partial charge >= 0.3 is 0 Å². The molecule has 1 atom stereocenters. The molecule has 0 aliphatic rings. The van der Waals surface area contributed by atoms with Gasteiger partial charge in [0, 0.05) is 17.2 Å². The van der Waals surface area contributed by atoms with Gasteiger partial charge in [0.25, 0.3) is 0 Å². The molecule has 1 radical (unpaired) electrons. The third kappa shape index (κ3) is 1.73. The summed E-state index contributed by atoms with van der Waals surface area (Å²) >= 11 is -1.29. The number of aliphatic hydroxyl groups is 1. The van der Waals surface area contributed by atoms with Crippen LogP contribution >= 0.6 is 0 Å². The fourth-order valence-corrected chi connectivity index (χ4v) is 1.16. The maximum Gasteiger partial charge on any atom is 0.208 e. The van der Waals surface area contributed by atoms with Gasteiger partial charge in [-0.15, -0.1) is 0 Å². The Bertz CT molecular complexity index is 188. The molecule has 53 valence electrons. The van der Waals surface area contributed by atoms with Crippen LogP contribution < -0.4 is 0 Å². The van der Waals surface area contributed by atoms with Gasteiger partial charge in [-0.2, -0.15) is 0 Å². The van der Waals surface area contributed by atoms with Crippen LogP contribution in [0.1, 0.15) is 0 Å². The van der Waals surface area contributed by atoms with Crippen LogP contribution in [-0.4, -0.2) is 15.6 Å². The van der Waals surface area contributed by atoms with E-state index in [4.69, 9.17) is 5.11 Å². The van der Waals surface area contributed by atoms with E-state index in [-0.39, 0.29) is 5.94 Å². The molecule has 0 amide bonds. The molecule has 0 saturated heterocycles. The van der Waals surface area contributed by atoms with Gasteiger partial charge in [0.1, 0.15) is 0 Å². The van der Waals surface area contributed by atoms with Crippen molar-refractivity contribution in [1.29, 1.82) is 0 Å². The molecule has 0 saturated carbocycles. The SMILES string of the molecule is [O-][S+](CO)c1[c]cccc1. The monoisotopic (exact) mass is 155 g/mol. The first kappa shape index (κ1) is 7.60. The van der Waals surface area contributed by atoms with E-state index in [1.54, 1.807) is 24.3 Å². The van der Waals surface area contributed by atoms with Crippen LogP contribution in [0.2, 0.25) is 0 Å². The first-order chi connectivity index (χ1) is 4.84. The lowest BCUT2D eigenvalue weighted by Gasteiger charge is -2.04. The third-order valence-electron chi connectivity index (χ3n) is 1.04. The zero-order chi connectivity index (χ0) is 7.40. The van der Waals surface area contributed by atoms with E-state index in [0.717, 1.165) is 0 Å². The normalized spacial score (nSPS) is 13.0. The molecule has 0 heterocycles. The van der Waals surface area contributed by atoms with Crippen molar-refractivity contribution in [2.45, 2.75) is 4.90 Å². The molecule has 0 aromatic heterocycles. The second kappa shape index (κ2) is 3.61. The lowest BCUT2D eigenvalue weighted by atomic mass is 10.4. The van der Waals surface area contributed by atoms with Gasteiger partial charge in [0.15, 0.2) is 4.90 Å². The van der Waals surface area contributed by atoms with Gasteiger partial charge in [-0.25, -0.2) is 0 Å². The zero-order valence-corrected chi connectivity index (χ0v) is 6.10. The molecule has 1 aromatic carbocycles. The number of hydrogen-bond donors (Lipinski definition) is 1. The standard InChI is InChI=1S/C7H7O2S/c8-6-10(9)7-4-2-1-3-5-7/h1-4,8H,6H2. The molecule has 3 heteroatoms. The maximum atomic E-state index is 10.8. The smallest absolute Gasteiger partial charge is 0.208 e. The van der Waals surface area contributed by atoms with E-state index in [2.05, 4.69) is 6.07 Å². The van der Waals surface area contributed by atoms with E-state index in [1.807, 2.05) is 0 Å². The first-order valence-electron chi connectivity index (χ1n) is 2.80. The summed E-state index contributed by atoms with van der Waals surface area (Å²) in [5.41, 5.74) is 0. The molecule has 1 rings (SSSR count). The Morgan fingerprint density at radius 3 is 2.90 bits per heavy atom. The van der Waals surface area contributed by atoms with Crippen molar-refractivity contribution < 1.29 is 9.66 Å². The van der Waals surface area contributed by atoms with E-state index in [9.17, 15) is 4.55 Å². The molecule has 1 N–H and O–H groups in total. The fraction of sp³-hybridized carbons (Fsp3) is 0.143. The molecule has 0 spiro atoms. The van der Waals surface area contributed by atoms with Crippen molar-refractivity contribution in [3.05, 3.63) is 30.3 Å². The van der Waals surface area contributed by atoms with Crippen molar-refractivity contribution in [3.63, 3.8) is 0 Å². The lowest BCUT2D eigenvalue weighted by Crippen LogP contribution is -2.05. The number of benzene rings is 1. The Balaban J connectivity index is 2.75. The molecule has 2 nitrogen and oxygen atoms in total. The van der Waals surface area contributed by atoms with E-state index >= 15 is 0 Å². The minimum absolute atomic E-state index is 0.333. The Morgan fingerprint density at radius 1 is 1.60 bits per heavy atom. The second-order valence-corrected chi connectivity index (χ2v) is 3.09. The summed E-state index contributed by atoms with van der Waals surface area (Å²) in [5.74, 6) is -0.333. The average Bonchev–Trinajstić information content (AvgIpc) is 2.05. The predicted molar refractivity (Wildman–Crippen MR) is 38.8 cm³/mol. The number of rotatable bonds is 2. The molecule has 0 fully saturated rings. The fourth-order valence-electron chi connectivity index (χ4n) is 0.588. The van der Waals surface area contributed by atoms with Gasteiger partial charge in [0.2, 0.25) is 5.94 Å². The molecule has 1 aromatic rings. The molecule has 10 heavy (non-hydrogen) atoms. The number of hydrogen-bond acceptors (Lipinski definition) is 2. The molecule has 0 aliphatic heterocycles. The highest BCUT2D eigenvalue weighted by Gasteiger charge is 2.05. The van der Waals surface area contributed by atoms with Crippen LogP contribution in [-0.2, 0) is 11.2 Å². The third-order valence-corrected chi connectivity index (χ3v) is 2.02. The molecule has 0 aliphatic carbocycles. The maximum absolute atomic E-state index is 10.8. The minimum atomic E-state index is -1.29. The highest BCUT2D eigenvalue weighted by molar-refractivity contribution is 7.91. The van der Waals surface area contributed by atoms with Crippen LogP contribution in [0, 0.1) is 6.07 Å². The summed E-state index contributed by atoms with van der Waals surface area (Å²) in [6, 6.07) is 9.65. The van der Waals surface area contributed by atoms with Gasteiger partial charge in [-0.1, -0.05) is 12.1 Å². The first-order valence-corrected chi connectivity index (χ1v) is 4.12. The molecule has 1 unspecified atom stereocenters. The largest absolute Gasteiger partial charge is 0.610 e. The summed E-state index contributed by atoms with van der Waals surface area (Å²) in [7, 11) is 0. The average molecular weight is 155 g/mol. The predicted octanol–water partition coefficient (Wildman–Crippen LogP) is 0.544. The highest BCUT2D eigenvalue weighted by Crippen LogP contribution is 2.07. The number of aliphatic hydroxyl groups excluding tert-OH is 1. The van der Waals surface area contributed by atoms with Crippen LogP contribution in [0.5, 0.6) is 0 Å². The van der Waals surface area contributed by atoms with Crippen molar-refractivity contribution >= 4 is 11.2 Å². The van der Waals surface area contributed by atoms with Crippen LogP contribution in [0.4, 0.5) is 0 Å². The van der Waals surface area contributed by atoms with Gasteiger partial charge in [-0.05, 0) is 12.1 Å². The van der Waals surface area contributed by atoms with Crippen molar-refractivity contribution in [2.24, 2.45) is 0 Å². The van der Waals surface area contributed by atoms with Gasteiger partial charge < -0.3 is 9.66 Å². The topological polar surface area (TPSA) is 43.3 Å². The Kier molecular flexibility index (Phi) is 2.74. The van der Waals surface area contributed by atoms with Crippen LogP contribution in [0.15, 0.2) is 29.2 Å². The van der Waals surface area contributed by atoms with Crippen LogP contribution in [0.25, 0.3) is 0 Å². The Labute approximate surface area is 62.7 Å². The lowest BCUT2D eigenvalue weighted by molar-refractivity contribution is 0.358. The summed E-state index contributed by atoms with van der Waals surface area (Å²) < 4.78 is 10.8. The second-order valence-electron chi connectivity index (χ2n) is 1.70. The minimum Gasteiger partial charge on any atom is -0.610 e. The summed E-state index contributed by atoms with van der Waals surface area (Å²) in [5, 5.41) is 8.47. The molecular formula is C7H7O2S. The summed E-state index contributed by atoms with van der Waals surface area (Å²) in [6.07, 6.45) is 0. The summed E-state index contributed by atoms with van der Waals surface area (Å²) in [6.45, 7) is 0. The zero-order valence-electron chi connectivity index (χ0n) is 5.28. The van der Waals surface area contributed by atoms with E-state index in [1.165, 1.54) is 0 Å². The van der Waals surface area contributed by atoms with Gasteiger partial charge in [0.05, 0.1) is 0 Å².